The summed E-state index contributed by atoms with van der Waals surface area (Å²) in [7, 11) is 1.78. The van der Waals surface area contributed by atoms with Crippen LogP contribution < -0.4 is 0 Å². The predicted molar refractivity (Wildman–Crippen MR) is 95.4 cm³/mol. The zero-order valence-electron chi connectivity index (χ0n) is 14.9. The Morgan fingerprint density at radius 1 is 1.23 bits per heavy atom. The largest absolute Gasteiger partial charge is 0.338 e. The van der Waals surface area contributed by atoms with Gasteiger partial charge in [-0.05, 0) is 25.8 Å². The molecule has 134 valence electrons. The molecule has 2 aromatic heterocycles. The number of carbonyl (C=O) groups is 1. The molecule has 3 heterocycles. The van der Waals surface area contributed by atoms with Crippen molar-refractivity contribution in [3.63, 3.8) is 0 Å². The van der Waals surface area contributed by atoms with Crippen LogP contribution in [0.3, 0.4) is 0 Å². The lowest BCUT2D eigenvalue weighted by molar-refractivity contribution is 0.0609. The van der Waals surface area contributed by atoms with E-state index in [-0.39, 0.29) is 11.3 Å². The van der Waals surface area contributed by atoms with E-state index in [1.165, 1.54) is 0 Å². The molecule has 1 saturated heterocycles. The van der Waals surface area contributed by atoms with Gasteiger partial charge in [0.1, 0.15) is 5.69 Å². The van der Waals surface area contributed by atoms with Gasteiger partial charge >= 0.3 is 0 Å². The Labute approximate surface area is 151 Å². The number of benzene rings is 1. The number of carbonyl (C=O) groups excluding carboxylic acids is 1. The molecule has 0 N–H and O–H groups in total. The van der Waals surface area contributed by atoms with Crippen LogP contribution >= 0.6 is 0 Å². The van der Waals surface area contributed by atoms with Crippen molar-refractivity contribution in [2.75, 3.05) is 13.1 Å². The first-order chi connectivity index (χ1) is 12.6. The molecule has 1 unspecified atom stereocenters. The lowest BCUT2D eigenvalue weighted by atomic mass is 9.81. The molecule has 26 heavy (non-hydrogen) atoms. The quantitative estimate of drug-likeness (QED) is 0.725. The fourth-order valence-electron chi connectivity index (χ4n) is 3.51. The summed E-state index contributed by atoms with van der Waals surface area (Å²) in [6.45, 7) is 3.35. The molecule has 0 bridgehead atoms. The Morgan fingerprint density at radius 3 is 2.77 bits per heavy atom. The summed E-state index contributed by atoms with van der Waals surface area (Å²) in [4.78, 5) is 19.3. The average Bonchev–Trinajstić information content (AvgIpc) is 3.31. The molecular weight excluding hydrogens is 330 g/mol. The molecule has 1 aliphatic heterocycles. The topological polar surface area (TPSA) is 77.1 Å². The van der Waals surface area contributed by atoms with Crippen LogP contribution in [0.4, 0.5) is 0 Å². The maximum Gasteiger partial charge on any atom is 0.272 e. The van der Waals surface area contributed by atoms with E-state index in [0.29, 0.717) is 24.0 Å². The van der Waals surface area contributed by atoms with Crippen LogP contribution in [0.5, 0.6) is 0 Å². The third-order valence-corrected chi connectivity index (χ3v) is 5.00. The van der Waals surface area contributed by atoms with E-state index in [4.69, 9.17) is 4.52 Å². The van der Waals surface area contributed by atoms with Gasteiger partial charge < -0.3 is 9.42 Å². The summed E-state index contributed by atoms with van der Waals surface area (Å²) in [5, 5.41) is 8.23. The fraction of sp³-hybridized carbons (Fsp3) is 0.368. The summed E-state index contributed by atoms with van der Waals surface area (Å²) in [5.74, 6) is 1.15. The van der Waals surface area contributed by atoms with Crippen molar-refractivity contribution in [1.29, 1.82) is 0 Å². The average molecular weight is 351 g/mol. The number of aryl methyl sites for hydroxylation is 1. The first-order valence-corrected chi connectivity index (χ1v) is 8.74. The number of amides is 1. The summed E-state index contributed by atoms with van der Waals surface area (Å²) >= 11 is 0. The Hall–Kier alpha value is -2.96. The Morgan fingerprint density at radius 2 is 2.04 bits per heavy atom. The van der Waals surface area contributed by atoms with Crippen LogP contribution in [0, 0.1) is 0 Å². The van der Waals surface area contributed by atoms with Crippen molar-refractivity contribution >= 4 is 5.91 Å². The van der Waals surface area contributed by atoms with E-state index >= 15 is 0 Å². The van der Waals surface area contributed by atoms with E-state index in [2.05, 4.69) is 22.2 Å². The van der Waals surface area contributed by atoms with Gasteiger partial charge in [0.05, 0.1) is 5.41 Å². The summed E-state index contributed by atoms with van der Waals surface area (Å²) in [6.07, 6.45) is 3.43. The zero-order valence-corrected chi connectivity index (χ0v) is 14.9. The van der Waals surface area contributed by atoms with Crippen LogP contribution in [0.1, 0.15) is 36.1 Å². The smallest absolute Gasteiger partial charge is 0.272 e. The summed E-state index contributed by atoms with van der Waals surface area (Å²) < 4.78 is 7.19. The molecule has 7 nitrogen and oxygen atoms in total. The molecule has 1 fully saturated rings. The fourth-order valence-corrected chi connectivity index (χ4v) is 3.51. The highest BCUT2D eigenvalue weighted by Gasteiger charge is 2.39. The third-order valence-electron chi connectivity index (χ3n) is 5.00. The van der Waals surface area contributed by atoms with Gasteiger partial charge in [0, 0.05) is 31.9 Å². The Bertz CT molecular complexity index is 917. The number of hydrogen-bond acceptors (Lipinski definition) is 5. The molecule has 4 rings (SSSR count). The molecular formula is C19H21N5O2. The van der Waals surface area contributed by atoms with Gasteiger partial charge in [0.25, 0.3) is 5.91 Å². The second-order valence-corrected chi connectivity index (χ2v) is 7.02. The first-order valence-electron chi connectivity index (χ1n) is 8.74. The molecule has 1 atom stereocenters. The number of hydrogen-bond donors (Lipinski definition) is 0. The standard InChI is InChI=1S/C19H21N5O2/c1-19(18-21-16(22-26-18)14-7-4-3-5-8-14)10-6-12-24(13-19)17(25)15-9-11-20-23(15)2/h3-5,7-9,11H,6,10,12-13H2,1-2H3. The van der Waals surface area contributed by atoms with Gasteiger partial charge in [0.2, 0.25) is 11.7 Å². The van der Waals surface area contributed by atoms with Gasteiger partial charge in [-0.25, -0.2) is 0 Å². The van der Waals surface area contributed by atoms with Gasteiger partial charge in [-0.15, -0.1) is 0 Å². The normalized spacial score (nSPS) is 20.3. The molecule has 0 spiro atoms. The van der Waals surface area contributed by atoms with Crippen molar-refractivity contribution in [2.24, 2.45) is 7.05 Å². The maximum atomic E-state index is 12.8. The van der Waals surface area contributed by atoms with E-state index < -0.39 is 0 Å². The molecule has 1 amide bonds. The minimum Gasteiger partial charge on any atom is -0.338 e. The summed E-state index contributed by atoms with van der Waals surface area (Å²) in [6, 6.07) is 11.5. The third kappa shape index (κ3) is 2.89. The maximum absolute atomic E-state index is 12.8. The van der Waals surface area contributed by atoms with E-state index in [9.17, 15) is 4.79 Å². The van der Waals surface area contributed by atoms with Crippen molar-refractivity contribution in [3.05, 3.63) is 54.2 Å². The molecule has 0 radical (unpaired) electrons. The second kappa shape index (κ2) is 6.40. The summed E-state index contributed by atoms with van der Waals surface area (Å²) in [5.41, 5.74) is 1.15. The lowest BCUT2D eigenvalue weighted by Gasteiger charge is -2.37. The van der Waals surface area contributed by atoms with Gasteiger partial charge in [-0.1, -0.05) is 35.5 Å². The highest BCUT2D eigenvalue weighted by atomic mass is 16.5. The van der Waals surface area contributed by atoms with Gasteiger partial charge in [0.15, 0.2) is 0 Å². The van der Waals surface area contributed by atoms with E-state index in [0.717, 1.165) is 24.9 Å². The van der Waals surface area contributed by atoms with Crippen molar-refractivity contribution in [1.82, 2.24) is 24.8 Å². The number of nitrogens with zero attached hydrogens (tertiary/aromatic N) is 5. The van der Waals surface area contributed by atoms with Crippen LogP contribution in [-0.4, -0.2) is 43.8 Å². The predicted octanol–water partition coefficient (Wildman–Crippen LogP) is 2.66. The zero-order chi connectivity index (χ0) is 18.1. The lowest BCUT2D eigenvalue weighted by Crippen LogP contribution is -2.47. The highest BCUT2D eigenvalue weighted by Crippen LogP contribution is 2.34. The monoisotopic (exact) mass is 351 g/mol. The molecule has 0 aliphatic carbocycles. The number of likely N-dealkylation sites (tertiary alicyclic amines) is 1. The number of piperidine rings is 1. The van der Waals surface area contributed by atoms with Crippen LogP contribution in [0.2, 0.25) is 0 Å². The Balaban J connectivity index is 1.57. The molecule has 3 aromatic rings. The molecule has 1 aromatic carbocycles. The highest BCUT2D eigenvalue weighted by molar-refractivity contribution is 5.92. The van der Waals surface area contributed by atoms with Crippen molar-refractivity contribution in [3.8, 4) is 11.4 Å². The van der Waals surface area contributed by atoms with Crippen molar-refractivity contribution in [2.45, 2.75) is 25.2 Å². The van der Waals surface area contributed by atoms with Crippen LogP contribution in [0.15, 0.2) is 47.1 Å². The molecule has 0 saturated carbocycles. The minimum atomic E-state index is -0.355. The van der Waals surface area contributed by atoms with Crippen LogP contribution in [-0.2, 0) is 12.5 Å². The Kier molecular flexibility index (Phi) is 4.06. The molecule has 1 aliphatic rings. The first kappa shape index (κ1) is 16.5. The number of rotatable bonds is 3. The minimum absolute atomic E-state index is 0.0151. The van der Waals surface area contributed by atoms with E-state index in [1.807, 2.05) is 35.2 Å². The van der Waals surface area contributed by atoms with E-state index in [1.54, 1.807) is 24.0 Å². The van der Waals surface area contributed by atoms with Crippen molar-refractivity contribution < 1.29 is 9.32 Å². The molecule has 7 heteroatoms. The van der Waals surface area contributed by atoms with Gasteiger partial charge in [-0.3, -0.25) is 9.48 Å². The van der Waals surface area contributed by atoms with Gasteiger partial charge in [-0.2, -0.15) is 10.1 Å². The van der Waals surface area contributed by atoms with Crippen LogP contribution in [0.25, 0.3) is 11.4 Å². The second-order valence-electron chi connectivity index (χ2n) is 7.02. The number of aromatic nitrogens is 4. The SMILES string of the molecule is Cn1nccc1C(=O)N1CCCC(C)(c2nc(-c3ccccc3)no2)C1.